The number of aliphatic hydroxyl groups is 1. The lowest BCUT2D eigenvalue weighted by molar-refractivity contribution is -0.155. The number of aliphatic hydroxyl groups excluding tert-OH is 1. The molecule has 0 spiro atoms. The molecule has 0 amide bonds. The Bertz CT molecular complexity index is 764. The summed E-state index contributed by atoms with van der Waals surface area (Å²) in [5, 5.41) is 9.36. The number of carbonyl (C=O) groups is 6. The van der Waals surface area contributed by atoms with Crippen LogP contribution >= 0.6 is 0 Å². The first-order valence-corrected chi connectivity index (χ1v) is 11.3. The van der Waals surface area contributed by atoms with Gasteiger partial charge in [0.15, 0.2) is 0 Å². The average molecular weight is 531 g/mol. The molecular formula is C24H34O13. The van der Waals surface area contributed by atoms with Crippen LogP contribution in [0, 0.1) is 5.92 Å². The highest BCUT2D eigenvalue weighted by atomic mass is 16.6. The molecule has 208 valence electrons. The zero-order valence-electron chi connectivity index (χ0n) is 21.1. The van der Waals surface area contributed by atoms with Gasteiger partial charge in [-0.15, -0.1) is 0 Å². The number of hydrogen-bond donors (Lipinski definition) is 1. The fraction of sp³-hybridized carbons (Fsp3) is 0.583. The van der Waals surface area contributed by atoms with Crippen LogP contribution in [0.5, 0.6) is 0 Å². The largest absolute Gasteiger partial charge is 0.465 e. The number of hydrogen-bond acceptors (Lipinski definition) is 13. The fourth-order valence-electron chi connectivity index (χ4n) is 2.10. The number of esters is 6. The predicted molar refractivity (Wildman–Crippen MR) is 124 cm³/mol. The van der Waals surface area contributed by atoms with Gasteiger partial charge < -0.3 is 33.5 Å². The highest BCUT2D eigenvalue weighted by molar-refractivity contribution is 5.87. The van der Waals surface area contributed by atoms with Crippen LogP contribution in [0.25, 0.3) is 0 Å². The van der Waals surface area contributed by atoms with Gasteiger partial charge in [0.05, 0.1) is 51.4 Å². The van der Waals surface area contributed by atoms with Gasteiger partial charge in [0.1, 0.15) is 26.4 Å². The average Bonchev–Trinajstić information content (AvgIpc) is 2.86. The third kappa shape index (κ3) is 18.2. The van der Waals surface area contributed by atoms with E-state index >= 15 is 0 Å². The van der Waals surface area contributed by atoms with E-state index in [1.54, 1.807) is 0 Å². The molecule has 37 heavy (non-hydrogen) atoms. The number of rotatable bonds is 19. The van der Waals surface area contributed by atoms with Crippen LogP contribution in [0.15, 0.2) is 24.3 Å². The first-order chi connectivity index (χ1) is 17.5. The molecule has 0 atom stereocenters. The summed E-state index contributed by atoms with van der Waals surface area (Å²) in [4.78, 5) is 69.1. The summed E-state index contributed by atoms with van der Waals surface area (Å²) in [7, 11) is 0. The van der Waals surface area contributed by atoms with Crippen LogP contribution < -0.4 is 0 Å². The first kappa shape index (κ1) is 33.3. The Morgan fingerprint density at radius 1 is 0.568 bits per heavy atom. The molecule has 13 heteroatoms. The van der Waals surface area contributed by atoms with Crippen molar-refractivity contribution in [3.8, 4) is 0 Å². The molecule has 0 rings (SSSR count). The Kier molecular flexibility index (Phi) is 17.5. The van der Waals surface area contributed by atoms with E-state index in [9.17, 15) is 33.9 Å². The maximum absolute atomic E-state index is 11.8. The van der Waals surface area contributed by atoms with Gasteiger partial charge in [-0.2, -0.15) is 0 Å². The van der Waals surface area contributed by atoms with Crippen molar-refractivity contribution in [3.63, 3.8) is 0 Å². The predicted octanol–water partition coefficient (Wildman–Crippen LogP) is 0.567. The summed E-state index contributed by atoms with van der Waals surface area (Å²) in [5.41, 5.74) is 0.421. The summed E-state index contributed by atoms with van der Waals surface area (Å²) in [5.74, 6) is -4.77. The molecule has 0 aromatic carbocycles. The standard InChI is InChI=1S/C24H34O13/c1-16(2)23(30)34-11-9-32-19(26)5-7-21(28)36-14-18(13-25)15-37-22(29)8-6-20(27)33-10-12-35-24(31)17(3)4/h18,25H,1,3,5-15H2,2,4H3. The summed E-state index contributed by atoms with van der Waals surface area (Å²) in [6.07, 6.45) is -1.09. The van der Waals surface area contributed by atoms with Gasteiger partial charge in [0, 0.05) is 11.1 Å². The number of ether oxygens (including phenoxy) is 6. The summed E-state index contributed by atoms with van der Waals surface area (Å²) in [6, 6.07) is 0. The molecule has 0 radical (unpaired) electrons. The molecule has 0 aliphatic rings. The highest BCUT2D eigenvalue weighted by Gasteiger charge is 2.17. The molecule has 0 heterocycles. The van der Waals surface area contributed by atoms with Crippen LogP contribution in [0.2, 0.25) is 0 Å². The topological polar surface area (TPSA) is 178 Å². The van der Waals surface area contributed by atoms with E-state index in [-0.39, 0.29) is 76.5 Å². The number of carbonyl (C=O) groups excluding carboxylic acids is 6. The lowest BCUT2D eigenvalue weighted by atomic mass is 10.2. The van der Waals surface area contributed by atoms with Gasteiger partial charge in [-0.1, -0.05) is 13.2 Å². The van der Waals surface area contributed by atoms with Crippen LogP contribution in [0.1, 0.15) is 39.5 Å². The Hall–Kier alpha value is -3.74. The van der Waals surface area contributed by atoms with Crippen molar-refractivity contribution in [2.45, 2.75) is 39.5 Å². The van der Waals surface area contributed by atoms with Crippen molar-refractivity contribution in [3.05, 3.63) is 24.3 Å². The summed E-state index contributed by atoms with van der Waals surface area (Å²) < 4.78 is 29.0. The lowest BCUT2D eigenvalue weighted by Gasteiger charge is -2.15. The second kappa shape index (κ2) is 19.4. The molecule has 0 aliphatic heterocycles. The Morgan fingerprint density at radius 2 is 0.865 bits per heavy atom. The van der Waals surface area contributed by atoms with Crippen LogP contribution in [-0.4, -0.2) is 87.2 Å². The molecular weight excluding hydrogens is 496 g/mol. The lowest BCUT2D eigenvalue weighted by Crippen LogP contribution is -2.24. The van der Waals surface area contributed by atoms with E-state index < -0.39 is 48.3 Å². The van der Waals surface area contributed by atoms with Gasteiger partial charge in [-0.25, -0.2) is 9.59 Å². The summed E-state index contributed by atoms with van der Waals surface area (Å²) in [6.45, 7) is 8.14. The minimum atomic E-state index is -0.730. The normalized spacial score (nSPS) is 10.2. The third-order valence-electron chi connectivity index (χ3n) is 4.14. The van der Waals surface area contributed by atoms with Gasteiger partial charge in [-0.05, 0) is 13.8 Å². The van der Waals surface area contributed by atoms with Crippen LogP contribution in [0.4, 0.5) is 0 Å². The monoisotopic (exact) mass is 530 g/mol. The highest BCUT2D eigenvalue weighted by Crippen LogP contribution is 2.04. The minimum absolute atomic E-state index is 0.146. The second-order valence-corrected chi connectivity index (χ2v) is 7.69. The molecule has 13 nitrogen and oxygen atoms in total. The molecule has 1 N–H and O–H groups in total. The van der Waals surface area contributed by atoms with Crippen LogP contribution in [-0.2, 0) is 57.2 Å². The molecule has 0 unspecified atom stereocenters. The van der Waals surface area contributed by atoms with Gasteiger partial charge >= 0.3 is 35.8 Å². The molecule has 0 fully saturated rings. The Labute approximate surface area is 214 Å². The second-order valence-electron chi connectivity index (χ2n) is 7.69. The van der Waals surface area contributed by atoms with E-state index in [2.05, 4.69) is 13.2 Å². The fourth-order valence-corrected chi connectivity index (χ4v) is 2.10. The Balaban J connectivity index is 3.98. The molecule has 0 aliphatic carbocycles. The smallest absolute Gasteiger partial charge is 0.333 e. The van der Waals surface area contributed by atoms with Gasteiger partial charge in [0.25, 0.3) is 0 Å². The first-order valence-electron chi connectivity index (χ1n) is 11.3. The quantitative estimate of drug-likeness (QED) is 0.106. The molecule has 0 saturated carbocycles. The van der Waals surface area contributed by atoms with E-state index in [0.29, 0.717) is 0 Å². The Morgan fingerprint density at radius 3 is 1.16 bits per heavy atom. The maximum atomic E-state index is 11.8. The molecule has 0 aromatic heterocycles. The molecule has 0 aromatic rings. The van der Waals surface area contributed by atoms with E-state index in [1.807, 2.05) is 0 Å². The third-order valence-corrected chi connectivity index (χ3v) is 4.14. The van der Waals surface area contributed by atoms with E-state index in [0.717, 1.165) is 0 Å². The zero-order valence-corrected chi connectivity index (χ0v) is 21.1. The van der Waals surface area contributed by atoms with Crippen LogP contribution in [0.3, 0.4) is 0 Å². The molecule has 0 bridgehead atoms. The van der Waals surface area contributed by atoms with Crippen molar-refractivity contribution in [2.24, 2.45) is 5.92 Å². The van der Waals surface area contributed by atoms with Crippen molar-refractivity contribution >= 4 is 35.8 Å². The SMILES string of the molecule is C=C(C)C(=O)OCCOC(=O)CCC(=O)OCC(CO)COC(=O)CCC(=O)OCCOC(=O)C(=C)C. The van der Waals surface area contributed by atoms with Crippen molar-refractivity contribution < 1.29 is 62.3 Å². The zero-order chi connectivity index (χ0) is 28.2. The minimum Gasteiger partial charge on any atom is -0.465 e. The van der Waals surface area contributed by atoms with Gasteiger partial charge in [0.2, 0.25) is 0 Å². The van der Waals surface area contributed by atoms with E-state index in [1.165, 1.54) is 13.8 Å². The maximum Gasteiger partial charge on any atom is 0.333 e. The molecule has 0 saturated heterocycles. The summed E-state index contributed by atoms with van der Waals surface area (Å²) >= 11 is 0. The van der Waals surface area contributed by atoms with Crippen molar-refractivity contribution in [1.29, 1.82) is 0 Å². The van der Waals surface area contributed by atoms with Crippen molar-refractivity contribution in [2.75, 3.05) is 46.2 Å². The van der Waals surface area contributed by atoms with Gasteiger partial charge in [-0.3, -0.25) is 19.2 Å². The van der Waals surface area contributed by atoms with Crippen molar-refractivity contribution in [1.82, 2.24) is 0 Å². The van der Waals surface area contributed by atoms with E-state index in [4.69, 9.17) is 28.4 Å².